The number of carboxylic acids is 1. The van der Waals surface area contributed by atoms with Crippen LogP contribution in [-0.2, 0) is 13.0 Å². The predicted molar refractivity (Wildman–Crippen MR) is 69.1 cm³/mol. The molecular formula is C14H16N2O3. The minimum absolute atomic E-state index is 0.0334. The molecule has 1 fully saturated rings. The molecular weight excluding hydrogens is 244 g/mol. The molecule has 5 heteroatoms. The smallest absolute Gasteiger partial charge is 0.335 e. The van der Waals surface area contributed by atoms with E-state index in [0.717, 1.165) is 30.4 Å². The van der Waals surface area contributed by atoms with E-state index in [1.54, 1.807) is 17.0 Å². The number of nitrogens with zero attached hydrogens (tertiary/aromatic N) is 1. The molecule has 3 rings (SSSR count). The predicted octanol–water partition coefficient (Wildman–Crippen LogP) is 1.61. The topological polar surface area (TPSA) is 69.6 Å². The Bertz CT molecular complexity index is 537. The summed E-state index contributed by atoms with van der Waals surface area (Å²) >= 11 is 0. The molecule has 0 radical (unpaired) electrons. The average Bonchev–Trinajstić information content (AvgIpc) is 3.21. The van der Waals surface area contributed by atoms with Crippen molar-refractivity contribution in [3.8, 4) is 0 Å². The second-order valence-corrected chi connectivity index (χ2v) is 5.18. The molecule has 2 amide bonds. The third kappa shape index (κ3) is 2.54. The van der Waals surface area contributed by atoms with Crippen LogP contribution in [0.5, 0.6) is 0 Å². The Hall–Kier alpha value is -2.04. The molecule has 0 atom stereocenters. The molecule has 1 aromatic rings. The Morgan fingerprint density at radius 2 is 2.05 bits per heavy atom. The van der Waals surface area contributed by atoms with Gasteiger partial charge in [0, 0.05) is 19.1 Å². The van der Waals surface area contributed by atoms with E-state index in [9.17, 15) is 9.59 Å². The maximum atomic E-state index is 12.0. The van der Waals surface area contributed by atoms with E-state index in [-0.39, 0.29) is 11.6 Å². The standard InChI is InChI=1S/C14H16N2O3/c17-13(18)10-2-1-9-5-6-16(8-11(9)7-10)14(19)15-12-3-4-12/h1-2,7,12H,3-6,8H2,(H,15,19)(H,17,18). The van der Waals surface area contributed by atoms with E-state index in [0.29, 0.717) is 19.1 Å². The number of nitrogens with one attached hydrogen (secondary N) is 1. The van der Waals surface area contributed by atoms with Gasteiger partial charge in [0.1, 0.15) is 0 Å². The molecule has 100 valence electrons. The molecule has 1 aliphatic carbocycles. The zero-order valence-corrected chi connectivity index (χ0v) is 10.6. The van der Waals surface area contributed by atoms with Gasteiger partial charge in [-0.15, -0.1) is 0 Å². The number of hydrogen-bond acceptors (Lipinski definition) is 2. The minimum Gasteiger partial charge on any atom is -0.478 e. The quantitative estimate of drug-likeness (QED) is 0.848. The highest BCUT2D eigenvalue weighted by Gasteiger charge is 2.27. The molecule has 1 saturated carbocycles. The van der Waals surface area contributed by atoms with Crippen molar-refractivity contribution < 1.29 is 14.7 Å². The fourth-order valence-electron chi connectivity index (χ4n) is 2.36. The fourth-order valence-corrected chi connectivity index (χ4v) is 2.36. The first kappa shape index (κ1) is 12.0. The number of aromatic carboxylic acids is 1. The van der Waals surface area contributed by atoms with E-state index in [1.165, 1.54) is 0 Å². The van der Waals surface area contributed by atoms with Crippen LogP contribution in [0.3, 0.4) is 0 Å². The number of urea groups is 1. The molecule has 0 spiro atoms. The van der Waals surface area contributed by atoms with Gasteiger partial charge in [0.15, 0.2) is 0 Å². The van der Waals surface area contributed by atoms with Gasteiger partial charge in [0.25, 0.3) is 0 Å². The van der Waals surface area contributed by atoms with Crippen molar-refractivity contribution in [3.05, 3.63) is 34.9 Å². The largest absolute Gasteiger partial charge is 0.478 e. The first-order chi connectivity index (χ1) is 9.13. The van der Waals surface area contributed by atoms with Gasteiger partial charge < -0.3 is 15.3 Å². The van der Waals surface area contributed by atoms with Crippen LogP contribution < -0.4 is 5.32 Å². The Morgan fingerprint density at radius 1 is 1.26 bits per heavy atom. The zero-order valence-electron chi connectivity index (χ0n) is 10.6. The molecule has 1 heterocycles. The number of carboxylic acid groups (broad SMARTS) is 1. The maximum absolute atomic E-state index is 12.0. The summed E-state index contributed by atoms with van der Waals surface area (Å²) in [4.78, 5) is 24.7. The highest BCUT2D eigenvalue weighted by atomic mass is 16.4. The monoisotopic (exact) mass is 260 g/mol. The van der Waals surface area contributed by atoms with Crippen LogP contribution in [0, 0.1) is 0 Å². The van der Waals surface area contributed by atoms with Gasteiger partial charge in [-0.25, -0.2) is 9.59 Å². The third-order valence-electron chi connectivity index (χ3n) is 3.66. The first-order valence-corrected chi connectivity index (χ1v) is 6.54. The molecule has 2 aliphatic rings. The SMILES string of the molecule is O=C(O)c1ccc2c(c1)CN(C(=O)NC1CC1)CC2. The lowest BCUT2D eigenvalue weighted by Crippen LogP contribution is -2.43. The summed E-state index contributed by atoms with van der Waals surface area (Å²) in [5, 5.41) is 12.0. The molecule has 1 aromatic carbocycles. The van der Waals surface area contributed by atoms with Crippen LogP contribution in [0.2, 0.25) is 0 Å². The van der Waals surface area contributed by atoms with Gasteiger partial charge >= 0.3 is 12.0 Å². The van der Waals surface area contributed by atoms with E-state index in [1.807, 2.05) is 6.07 Å². The van der Waals surface area contributed by atoms with Crippen LogP contribution in [0.4, 0.5) is 4.79 Å². The number of benzene rings is 1. The van der Waals surface area contributed by atoms with Crippen LogP contribution in [0.1, 0.15) is 34.3 Å². The zero-order chi connectivity index (χ0) is 13.4. The summed E-state index contributed by atoms with van der Waals surface area (Å²) in [6.07, 6.45) is 2.92. The normalized spacial score (nSPS) is 17.8. The Balaban J connectivity index is 1.75. The van der Waals surface area contributed by atoms with Gasteiger partial charge in [-0.1, -0.05) is 6.07 Å². The second kappa shape index (κ2) is 4.57. The summed E-state index contributed by atoms with van der Waals surface area (Å²) < 4.78 is 0. The molecule has 0 aromatic heterocycles. The first-order valence-electron chi connectivity index (χ1n) is 6.54. The number of carbonyl (C=O) groups is 2. The van der Waals surface area contributed by atoms with E-state index >= 15 is 0 Å². The van der Waals surface area contributed by atoms with Crippen molar-refractivity contribution in [1.29, 1.82) is 0 Å². The molecule has 2 N–H and O–H groups in total. The summed E-state index contributed by atoms with van der Waals surface area (Å²) in [5.41, 5.74) is 2.36. The van der Waals surface area contributed by atoms with Crippen molar-refractivity contribution in [2.75, 3.05) is 6.54 Å². The molecule has 0 unspecified atom stereocenters. The van der Waals surface area contributed by atoms with Gasteiger partial charge in [-0.3, -0.25) is 0 Å². The highest BCUT2D eigenvalue weighted by molar-refractivity contribution is 5.88. The number of carbonyl (C=O) groups excluding carboxylic acids is 1. The maximum Gasteiger partial charge on any atom is 0.335 e. The number of amides is 2. The summed E-state index contributed by atoms with van der Waals surface area (Å²) in [6, 6.07) is 5.47. The lowest BCUT2D eigenvalue weighted by atomic mass is 9.97. The third-order valence-corrected chi connectivity index (χ3v) is 3.66. The number of rotatable bonds is 2. The summed E-state index contributed by atoms with van der Waals surface area (Å²) in [7, 11) is 0. The molecule has 0 saturated heterocycles. The van der Waals surface area contributed by atoms with Gasteiger partial charge in [0.05, 0.1) is 5.56 Å². The number of fused-ring (bicyclic) bond motifs is 1. The molecule has 1 aliphatic heterocycles. The lowest BCUT2D eigenvalue weighted by molar-refractivity contribution is 0.0696. The average molecular weight is 260 g/mol. The van der Waals surface area contributed by atoms with Crippen molar-refractivity contribution in [2.45, 2.75) is 31.8 Å². The van der Waals surface area contributed by atoms with E-state index < -0.39 is 5.97 Å². The van der Waals surface area contributed by atoms with E-state index in [2.05, 4.69) is 5.32 Å². The minimum atomic E-state index is -0.928. The summed E-state index contributed by atoms with van der Waals surface area (Å²) in [5.74, 6) is -0.928. The van der Waals surface area contributed by atoms with Gasteiger partial charge in [-0.05, 0) is 42.5 Å². The van der Waals surface area contributed by atoms with Crippen molar-refractivity contribution in [3.63, 3.8) is 0 Å². The Labute approximate surface area is 111 Å². The van der Waals surface area contributed by atoms with Gasteiger partial charge in [0.2, 0.25) is 0 Å². The van der Waals surface area contributed by atoms with Gasteiger partial charge in [-0.2, -0.15) is 0 Å². The highest BCUT2D eigenvalue weighted by Crippen LogP contribution is 2.23. The molecule has 0 bridgehead atoms. The lowest BCUT2D eigenvalue weighted by Gasteiger charge is -2.29. The van der Waals surface area contributed by atoms with Crippen LogP contribution in [-0.4, -0.2) is 34.6 Å². The van der Waals surface area contributed by atoms with E-state index in [4.69, 9.17) is 5.11 Å². The molecule has 19 heavy (non-hydrogen) atoms. The summed E-state index contributed by atoms with van der Waals surface area (Å²) in [6.45, 7) is 1.19. The van der Waals surface area contributed by atoms with Crippen LogP contribution in [0.15, 0.2) is 18.2 Å². The number of hydrogen-bond donors (Lipinski definition) is 2. The van der Waals surface area contributed by atoms with Crippen LogP contribution in [0.25, 0.3) is 0 Å². The van der Waals surface area contributed by atoms with Crippen molar-refractivity contribution in [2.24, 2.45) is 0 Å². The Kier molecular flexibility index (Phi) is 2.89. The second-order valence-electron chi connectivity index (χ2n) is 5.18. The van der Waals surface area contributed by atoms with Crippen molar-refractivity contribution in [1.82, 2.24) is 10.2 Å². The molecule has 5 nitrogen and oxygen atoms in total. The van der Waals surface area contributed by atoms with Crippen molar-refractivity contribution >= 4 is 12.0 Å². The van der Waals surface area contributed by atoms with Crippen LogP contribution >= 0.6 is 0 Å². The fraction of sp³-hybridized carbons (Fsp3) is 0.429. The Morgan fingerprint density at radius 3 is 2.74 bits per heavy atom.